The molecule has 0 saturated heterocycles. The molecule has 25 heavy (non-hydrogen) atoms. The van der Waals surface area contributed by atoms with Crippen molar-refractivity contribution in [2.45, 2.75) is 0 Å². The SMILES string of the molecule is COCCN=c1scc(-c2ccc(Br)cc2)n1/N=C/c1ccccn1. The minimum atomic E-state index is 0.579. The lowest BCUT2D eigenvalue weighted by atomic mass is 10.2. The van der Waals surface area contributed by atoms with E-state index in [2.05, 4.69) is 48.5 Å². The van der Waals surface area contributed by atoms with Crippen LogP contribution in [0, 0.1) is 0 Å². The Morgan fingerprint density at radius 2 is 2.08 bits per heavy atom. The van der Waals surface area contributed by atoms with Gasteiger partial charge in [-0.1, -0.05) is 34.1 Å². The fourth-order valence-electron chi connectivity index (χ4n) is 2.14. The van der Waals surface area contributed by atoms with E-state index < -0.39 is 0 Å². The molecule has 2 aromatic heterocycles. The van der Waals surface area contributed by atoms with Crippen LogP contribution in [0.3, 0.4) is 0 Å². The smallest absolute Gasteiger partial charge is 0.206 e. The molecule has 0 spiro atoms. The van der Waals surface area contributed by atoms with Crippen LogP contribution in [0.15, 0.2) is 68.6 Å². The van der Waals surface area contributed by atoms with Gasteiger partial charge in [-0.3, -0.25) is 9.98 Å². The molecule has 0 N–H and O–H groups in total. The van der Waals surface area contributed by atoms with Crippen LogP contribution in [0.25, 0.3) is 11.3 Å². The minimum Gasteiger partial charge on any atom is -0.383 e. The number of hydrogen-bond donors (Lipinski definition) is 0. The summed E-state index contributed by atoms with van der Waals surface area (Å²) in [4.78, 5) is 9.69. The van der Waals surface area contributed by atoms with Gasteiger partial charge in [-0.15, -0.1) is 11.3 Å². The molecule has 0 saturated carbocycles. The number of pyridine rings is 1. The summed E-state index contributed by atoms with van der Waals surface area (Å²) in [6.45, 7) is 1.17. The maximum Gasteiger partial charge on any atom is 0.206 e. The molecule has 1 aromatic carbocycles. The van der Waals surface area contributed by atoms with Gasteiger partial charge in [0.2, 0.25) is 4.80 Å². The number of rotatable bonds is 6. The molecule has 0 radical (unpaired) electrons. The molecular formula is C18H17BrN4OS. The summed E-state index contributed by atoms with van der Waals surface area (Å²) >= 11 is 5.03. The van der Waals surface area contributed by atoms with Crippen molar-refractivity contribution in [1.82, 2.24) is 9.66 Å². The molecule has 0 atom stereocenters. The van der Waals surface area contributed by atoms with Crippen molar-refractivity contribution >= 4 is 33.5 Å². The van der Waals surface area contributed by atoms with Crippen molar-refractivity contribution in [1.29, 1.82) is 0 Å². The van der Waals surface area contributed by atoms with E-state index in [1.807, 2.05) is 35.0 Å². The zero-order valence-corrected chi connectivity index (χ0v) is 16.1. The Hall–Kier alpha value is -2.09. The highest BCUT2D eigenvalue weighted by Crippen LogP contribution is 2.22. The Labute approximate surface area is 158 Å². The summed E-state index contributed by atoms with van der Waals surface area (Å²) in [7, 11) is 1.67. The summed E-state index contributed by atoms with van der Waals surface area (Å²) in [5, 5.41) is 6.67. The molecular weight excluding hydrogens is 400 g/mol. The maximum atomic E-state index is 5.09. The van der Waals surface area contributed by atoms with E-state index in [1.54, 1.807) is 30.9 Å². The molecule has 7 heteroatoms. The van der Waals surface area contributed by atoms with E-state index in [0.717, 1.165) is 26.2 Å². The first-order chi connectivity index (χ1) is 12.3. The molecule has 0 aliphatic rings. The van der Waals surface area contributed by atoms with Crippen molar-refractivity contribution in [2.75, 3.05) is 20.3 Å². The van der Waals surface area contributed by atoms with Crippen LogP contribution >= 0.6 is 27.3 Å². The van der Waals surface area contributed by atoms with Crippen LogP contribution in [0.4, 0.5) is 0 Å². The minimum absolute atomic E-state index is 0.579. The summed E-state index contributed by atoms with van der Waals surface area (Å²) in [6, 6.07) is 13.9. The highest BCUT2D eigenvalue weighted by Gasteiger charge is 2.07. The van der Waals surface area contributed by atoms with Gasteiger partial charge in [-0.2, -0.15) is 5.10 Å². The summed E-state index contributed by atoms with van der Waals surface area (Å²) in [5.41, 5.74) is 2.86. The lowest BCUT2D eigenvalue weighted by Crippen LogP contribution is -2.13. The van der Waals surface area contributed by atoms with Gasteiger partial charge in [0.15, 0.2) is 0 Å². The highest BCUT2D eigenvalue weighted by atomic mass is 79.9. The Balaban J connectivity index is 2.02. The van der Waals surface area contributed by atoms with Crippen LogP contribution in [-0.2, 0) is 4.74 Å². The van der Waals surface area contributed by atoms with Crippen molar-refractivity contribution in [3.05, 3.63) is 69.0 Å². The molecule has 128 valence electrons. The van der Waals surface area contributed by atoms with Gasteiger partial charge in [-0.25, -0.2) is 4.68 Å². The number of aromatic nitrogens is 2. The van der Waals surface area contributed by atoms with Gasteiger partial charge in [0.25, 0.3) is 0 Å². The number of hydrogen-bond acceptors (Lipinski definition) is 5. The largest absolute Gasteiger partial charge is 0.383 e. The third kappa shape index (κ3) is 4.72. The summed E-state index contributed by atoms with van der Waals surface area (Å²) in [5.74, 6) is 0. The van der Waals surface area contributed by atoms with Crippen LogP contribution < -0.4 is 4.80 Å². The third-order valence-electron chi connectivity index (χ3n) is 3.36. The van der Waals surface area contributed by atoms with Gasteiger partial charge in [0, 0.05) is 28.7 Å². The van der Waals surface area contributed by atoms with E-state index in [1.165, 1.54) is 0 Å². The average Bonchev–Trinajstić information content (AvgIpc) is 3.04. The zero-order valence-electron chi connectivity index (χ0n) is 13.7. The van der Waals surface area contributed by atoms with E-state index in [-0.39, 0.29) is 0 Å². The van der Waals surface area contributed by atoms with Crippen LogP contribution in [0.5, 0.6) is 0 Å². The molecule has 0 fully saturated rings. The maximum absolute atomic E-state index is 5.09. The molecule has 0 aliphatic heterocycles. The Kier molecular flexibility index (Phi) is 6.27. The average molecular weight is 417 g/mol. The predicted octanol–water partition coefficient (Wildman–Crippen LogP) is 3.80. The molecule has 0 aliphatic carbocycles. The van der Waals surface area contributed by atoms with Crippen molar-refractivity contribution < 1.29 is 4.74 Å². The second-order valence-corrected chi connectivity index (χ2v) is 6.85. The normalized spacial score (nSPS) is 12.2. The van der Waals surface area contributed by atoms with E-state index in [0.29, 0.717) is 13.2 Å². The number of thiazole rings is 1. The highest BCUT2D eigenvalue weighted by molar-refractivity contribution is 9.10. The number of benzene rings is 1. The Morgan fingerprint density at radius 3 is 2.80 bits per heavy atom. The number of methoxy groups -OCH3 is 1. The van der Waals surface area contributed by atoms with Crippen LogP contribution in [0.2, 0.25) is 0 Å². The summed E-state index contributed by atoms with van der Waals surface area (Å²) < 4.78 is 7.97. The topological polar surface area (TPSA) is 51.8 Å². The fourth-order valence-corrected chi connectivity index (χ4v) is 3.27. The van der Waals surface area contributed by atoms with Gasteiger partial charge in [0.05, 0.1) is 30.8 Å². The van der Waals surface area contributed by atoms with Crippen LogP contribution in [0.1, 0.15) is 5.69 Å². The number of halogens is 1. The molecule has 3 aromatic rings. The predicted molar refractivity (Wildman–Crippen MR) is 105 cm³/mol. The first-order valence-corrected chi connectivity index (χ1v) is 9.36. The van der Waals surface area contributed by atoms with Crippen molar-refractivity contribution in [2.24, 2.45) is 10.1 Å². The van der Waals surface area contributed by atoms with Gasteiger partial charge in [0.1, 0.15) is 0 Å². The monoisotopic (exact) mass is 416 g/mol. The molecule has 0 unspecified atom stereocenters. The Morgan fingerprint density at radius 1 is 1.24 bits per heavy atom. The standard InChI is InChI=1S/C18H17BrN4OS/c1-24-11-10-21-18-23(22-12-16-4-2-3-9-20-16)17(13-25-18)14-5-7-15(19)8-6-14/h2-9,12-13H,10-11H2,1H3/b21-18?,22-12+. The zero-order chi connectivity index (χ0) is 17.5. The lowest BCUT2D eigenvalue weighted by Gasteiger charge is -2.04. The first-order valence-electron chi connectivity index (χ1n) is 7.69. The molecule has 3 rings (SSSR count). The third-order valence-corrected chi connectivity index (χ3v) is 4.74. The number of nitrogens with zero attached hydrogens (tertiary/aromatic N) is 4. The van der Waals surface area contributed by atoms with Gasteiger partial charge < -0.3 is 4.74 Å². The molecule has 5 nitrogen and oxygen atoms in total. The summed E-state index contributed by atoms with van der Waals surface area (Å²) in [6.07, 6.45) is 3.49. The van der Waals surface area contributed by atoms with E-state index in [9.17, 15) is 0 Å². The van der Waals surface area contributed by atoms with Gasteiger partial charge >= 0.3 is 0 Å². The quantitative estimate of drug-likeness (QED) is 0.453. The van der Waals surface area contributed by atoms with E-state index in [4.69, 9.17) is 4.74 Å². The Bertz CT molecular complexity index is 901. The van der Waals surface area contributed by atoms with Crippen molar-refractivity contribution in [3.63, 3.8) is 0 Å². The molecule has 2 heterocycles. The van der Waals surface area contributed by atoms with Gasteiger partial charge in [-0.05, 0) is 24.3 Å². The van der Waals surface area contributed by atoms with E-state index >= 15 is 0 Å². The lowest BCUT2D eigenvalue weighted by molar-refractivity contribution is 0.207. The van der Waals surface area contributed by atoms with Crippen molar-refractivity contribution in [3.8, 4) is 11.3 Å². The van der Waals surface area contributed by atoms with Crippen LogP contribution in [-0.4, -0.2) is 36.1 Å². The second-order valence-electron chi connectivity index (χ2n) is 5.10. The fraction of sp³-hybridized carbons (Fsp3) is 0.167. The molecule has 0 amide bonds. The first kappa shape index (κ1) is 17.7. The second kappa shape index (κ2) is 8.84. The molecule has 0 bridgehead atoms. The number of ether oxygens (including phenoxy) is 1.